The van der Waals surface area contributed by atoms with Gasteiger partial charge < -0.3 is 4.90 Å². The molecule has 1 aliphatic heterocycles. The molecule has 0 radical (unpaired) electrons. The van der Waals surface area contributed by atoms with Crippen molar-refractivity contribution in [3.8, 4) is 0 Å². The van der Waals surface area contributed by atoms with Crippen LogP contribution in [0, 0.1) is 12.8 Å². The molecule has 0 bridgehead atoms. The molecule has 0 spiro atoms. The van der Waals surface area contributed by atoms with Crippen LogP contribution in [-0.2, 0) is 35.0 Å². The second-order valence-corrected chi connectivity index (χ2v) is 10.2. The van der Waals surface area contributed by atoms with Crippen molar-refractivity contribution in [2.24, 2.45) is 13.0 Å². The smallest absolute Gasteiger partial charge is 0.246 e. The molecule has 0 N–H and O–H groups in total. The van der Waals surface area contributed by atoms with Crippen LogP contribution >= 0.6 is 15.9 Å². The fraction of sp³-hybridized carbons (Fsp3) is 0.611. The predicted molar refractivity (Wildman–Crippen MR) is 112 cm³/mol. The normalized spacial score (nSPS) is 18.2. The van der Waals surface area contributed by atoms with E-state index in [9.17, 15) is 13.2 Å². The third kappa shape index (κ3) is 4.41. The first-order chi connectivity index (χ1) is 13.6. The molecule has 0 aromatic carbocycles. The molecule has 1 fully saturated rings. The highest BCUT2D eigenvalue weighted by molar-refractivity contribution is 9.10. The van der Waals surface area contributed by atoms with Crippen LogP contribution in [0.4, 0.5) is 0 Å². The molecule has 29 heavy (non-hydrogen) atoms. The number of sulfonamides is 1. The van der Waals surface area contributed by atoms with Crippen LogP contribution in [0.2, 0.25) is 0 Å². The number of amides is 1. The molecule has 160 valence electrons. The first-order valence-corrected chi connectivity index (χ1v) is 11.8. The molecule has 0 saturated carbocycles. The maximum absolute atomic E-state index is 13.1. The molecule has 2 aromatic heterocycles. The molecule has 1 saturated heterocycles. The molecule has 3 rings (SSSR count). The quantitative estimate of drug-likeness (QED) is 0.619. The second-order valence-electron chi connectivity index (χ2n) is 7.39. The van der Waals surface area contributed by atoms with Crippen molar-refractivity contribution in [3.05, 3.63) is 28.3 Å². The van der Waals surface area contributed by atoms with Gasteiger partial charge in [0.2, 0.25) is 15.9 Å². The Balaban J connectivity index is 1.71. The van der Waals surface area contributed by atoms with Gasteiger partial charge in [0.15, 0.2) is 0 Å². The topological polar surface area (TPSA) is 93.3 Å². The van der Waals surface area contributed by atoms with Crippen molar-refractivity contribution in [2.45, 2.75) is 44.7 Å². The lowest BCUT2D eigenvalue weighted by molar-refractivity contribution is -0.135. The van der Waals surface area contributed by atoms with Crippen molar-refractivity contribution in [3.63, 3.8) is 0 Å². The first kappa shape index (κ1) is 22.0. The molecule has 9 nitrogen and oxygen atoms in total. The summed E-state index contributed by atoms with van der Waals surface area (Å²) < 4.78 is 31.7. The predicted octanol–water partition coefficient (Wildman–Crippen LogP) is 1.77. The van der Waals surface area contributed by atoms with Gasteiger partial charge >= 0.3 is 0 Å². The monoisotopic (exact) mass is 486 g/mol. The summed E-state index contributed by atoms with van der Waals surface area (Å²) in [5.74, 6) is -0.432. The Labute approximate surface area is 179 Å². The highest BCUT2D eigenvalue weighted by atomic mass is 79.9. The molecule has 0 aliphatic carbocycles. The minimum absolute atomic E-state index is 0.0641. The molecule has 1 amide bonds. The Morgan fingerprint density at radius 3 is 2.72 bits per heavy atom. The van der Waals surface area contributed by atoms with Crippen molar-refractivity contribution in [1.82, 2.24) is 28.8 Å². The number of hydrogen-bond acceptors (Lipinski definition) is 5. The van der Waals surface area contributed by atoms with Crippen molar-refractivity contribution in [1.29, 1.82) is 0 Å². The Hall–Kier alpha value is -1.72. The van der Waals surface area contributed by atoms with Crippen molar-refractivity contribution >= 4 is 31.9 Å². The molecule has 11 heteroatoms. The van der Waals surface area contributed by atoms with Gasteiger partial charge in [0.05, 0.1) is 34.5 Å². The summed E-state index contributed by atoms with van der Waals surface area (Å²) >= 11 is 3.49. The summed E-state index contributed by atoms with van der Waals surface area (Å²) in [6.07, 6.45) is 4.59. The zero-order valence-corrected chi connectivity index (χ0v) is 19.6. The number of carbonyl (C=O) groups excluding carboxylic acids is 1. The molecular weight excluding hydrogens is 460 g/mol. The molecular formula is C18H27BrN6O3S. The third-order valence-electron chi connectivity index (χ3n) is 5.42. The standard InChI is InChI=1S/C18H27BrN6O3S/c1-5-24-11-15(19)16(21-24)12-22(3)18(26)14-7-6-8-25(10-14)29(27,28)17-9-20-23(4)13(17)2/h9,11,14H,5-8,10,12H2,1-4H3/t14-/m0/s1. The number of piperidine rings is 1. The summed E-state index contributed by atoms with van der Waals surface area (Å²) in [4.78, 5) is 14.8. The molecule has 3 heterocycles. The van der Waals surface area contributed by atoms with Gasteiger partial charge in [-0.1, -0.05) is 0 Å². The number of aryl methyl sites for hydroxylation is 2. The van der Waals surface area contributed by atoms with Gasteiger partial charge in [0.1, 0.15) is 4.90 Å². The van der Waals surface area contributed by atoms with E-state index in [4.69, 9.17) is 0 Å². The van der Waals surface area contributed by atoms with E-state index < -0.39 is 10.0 Å². The molecule has 1 atom stereocenters. The SMILES string of the molecule is CCn1cc(Br)c(CN(C)C(=O)[C@H]2CCCN(S(=O)(=O)c3cnn(C)c3C)C2)n1. The number of nitrogens with zero attached hydrogens (tertiary/aromatic N) is 6. The first-order valence-electron chi connectivity index (χ1n) is 9.60. The summed E-state index contributed by atoms with van der Waals surface area (Å²) in [5, 5.41) is 8.51. The van der Waals surface area contributed by atoms with Crippen molar-refractivity contribution in [2.75, 3.05) is 20.1 Å². The zero-order chi connectivity index (χ0) is 21.3. The maximum Gasteiger partial charge on any atom is 0.246 e. The Bertz CT molecular complexity index is 999. The highest BCUT2D eigenvalue weighted by Crippen LogP contribution is 2.27. The number of aromatic nitrogens is 4. The Morgan fingerprint density at radius 2 is 2.14 bits per heavy atom. The fourth-order valence-electron chi connectivity index (χ4n) is 3.55. The van der Waals surface area contributed by atoms with Crippen LogP contribution in [0.15, 0.2) is 21.8 Å². The lowest BCUT2D eigenvalue weighted by Crippen LogP contribution is -2.45. The van der Waals surface area contributed by atoms with Crippen molar-refractivity contribution < 1.29 is 13.2 Å². The number of hydrogen-bond donors (Lipinski definition) is 0. The van der Waals surface area contributed by atoms with E-state index in [0.29, 0.717) is 31.6 Å². The van der Waals surface area contributed by atoms with E-state index in [-0.39, 0.29) is 23.3 Å². The minimum Gasteiger partial charge on any atom is -0.339 e. The highest BCUT2D eigenvalue weighted by Gasteiger charge is 2.36. The number of carbonyl (C=O) groups is 1. The third-order valence-corrected chi connectivity index (χ3v) is 8.05. The minimum atomic E-state index is -3.67. The van der Waals surface area contributed by atoms with Crippen LogP contribution in [0.3, 0.4) is 0 Å². The lowest BCUT2D eigenvalue weighted by Gasteiger charge is -2.33. The van der Waals surface area contributed by atoms with Gasteiger partial charge in [-0.15, -0.1) is 0 Å². The molecule has 1 aliphatic rings. The second kappa shape index (κ2) is 8.57. The Morgan fingerprint density at radius 1 is 1.41 bits per heavy atom. The number of rotatable bonds is 6. The van der Waals surface area contributed by atoms with Gasteiger partial charge in [-0.2, -0.15) is 14.5 Å². The summed E-state index contributed by atoms with van der Waals surface area (Å²) in [7, 11) is -0.227. The van der Waals surface area contributed by atoms with E-state index >= 15 is 0 Å². The maximum atomic E-state index is 13.1. The van der Waals surface area contributed by atoms with Gasteiger partial charge in [-0.05, 0) is 42.6 Å². The lowest BCUT2D eigenvalue weighted by atomic mass is 9.98. The summed E-state index contributed by atoms with van der Waals surface area (Å²) in [5.41, 5.74) is 1.38. The van der Waals surface area contributed by atoms with E-state index in [2.05, 4.69) is 26.1 Å². The summed E-state index contributed by atoms with van der Waals surface area (Å²) in [6.45, 7) is 5.45. The number of halogens is 1. The van der Waals surface area contributed by atoms with E-state index in [0.717, 1.165) is 16.7 Å². The fourth-order valence-corrected chi connectivity index (χ4v) is 5.70. The van der Waals surface area contributed by atoms with E-state index in [1.165, 1.54) is 10.5 Å². The zero-order valence-electron chi connectivity index (χ0n) is 17.2. The largest absolute Gasteiger partial charge is 0.339 e. The van der Waals surface area contributed by atoms with Crippen LogP contribution < -0.4 is 0 Å². The Kier molecular flexibility index (Phi) is 6.49. The van der Waals surface area contributed by atoms with Crippen LogP contribution in [0.5, 0.6) is 0 Å². The van der Waals surface area contributed by atoms with Crippen LogP contribution in [-0.4, -0.2) is 63.2 Å². The van der Waals surface area contributed by atoms with Crippen LogP contribution in [0.1, 0.15) is 31.2 Å². The summed E-state index contributed by atoms with van der Waals surface area (Å²) in [6, 6.07) is 0. The van der Waals surface area contributed by atoms with Gasteiger partial charge in [0.25, 0.3) is 0 Å². The van der Waals surface area contributed by atoms with Gasteiger partial charge in [0, 0.05) is 39.9 Å². The molecule has 2 aromatic rings. The van der Waals surface area contributed by atoms with E-state index in [1.807, 2.05) is 17.8 Å². The average Bonchev–Trinajstić information content (AvgIpc) is 3.23. The average molecular weight is 487 g/mol. The van der Waals surface area contributed by atoms with Gasteiger partial charge in [-0.25, -0.2) is 8.42 Å². The van der Waals surface area contributed by atoms with Crippen LogP contribution in [0.25, 0.3) is 0 Å². The molecule has 0 unspecified atom stereocenters. The van der Waals surface area contributed by atoms with E-state index in [1.54, 1.807) is 30.6 Å². The van der Waals surface area contributed by atoms with Gasteiger partial charge in [-0.3, -0.25) is 14.2 Å².